The van der Waals surface area contributed by atoms with Gasteiger partial charge >= 0.3 is 0 Å². The second-order valence-electron chi connectivity index (χ2n) is 4.04. The average molecular weight is 256 g/mol. The molecule has 3 aromatic heterocycles. The zero-order valence-corrected chi connectivity index (χ0v) is 10.1. The number of pyridine rings is 1. The van der Waals surface area contributed by atoms with E-state index in [2.05, 4.69) is 20.1 Å². The van der Waals surface area contributed by atoms with Crippen LogP contribution in [0, 0.1) is 0 Å². The molecule has 0 bridgehead atoms. The van der Waals surface area contributed by atoms with Gasteiger partial charge < -0.3 is 14.8 Å². The number of nitrogen functional groups attached to an aromatic ring is 1. The molecule has 0 aromatic carbocycles. The Balaban J connectivity index is 1.82. The molecular weight excluding hydrogens is 244 g/mol. The number of aryl methyl sites for hydroxylation is 2. The smallest absolute Gasteiger partial charge is 0.213 e. The fourth-order valence-electron chi connectivity index (χ4n) is 1.87. The molecule has 3 heterocycles. The van der Waals surface area contributed by atoms with Crippen LogP contribution in [0.1, 0.15) is 5.82 Å². The molecule has 7 nitrogen and oxygen atoms in total. The quantitative estimate of drug-likeness (QED) is 0.752. The van der Waals surface area contributed by atoms with Crippen LogP contribution in [0.25, 0.3) is 11.3 Å². The summed E-state index contributed by atoms with van der Waals surface area (Å²) in [6.07, 6.45) is 7.26. The molecule has 0 fully saturated rings. The van der Waals surface area contributed by atoms with Crippen molar-refractivity contribution in [2.75, 3.05) is 5.73 Å². The Bertz CT molecular complexity index is 660. The number of aromatic nitrogens is 5. The van der Waals surface area contributed by atoms with Crippen LogP contribution >= 0.6 is 0 Å². The van der Waals surface area contributed by atoms with Gasteiger partial charge in [-0.1, -0.05) is 5.16 Å². The summed E-state index contributed by atoms with van der Waals surface area (Å²) < 4.78 is 6.72. The minimum Gasteiger partial charge on any atom is -0.384 e. The number of nitrogens with zero attached hydrogens (tertiary/aromatic N) is 5. The molecule has 0 unspecified atom stereocenters. The standard InChI is InChI=1S/C12H12N6O/c13-11-5-9(1-3-15-11)10-6-14-7-18(10)4-2-12-16-8-19-17-12/h1,3,5-8H,2,4H2,(H2,13,15). The van der Waals surface area contributed by atoms with Crippen molar-refractivity contribution in [2.24, 2.45) is 0 Å². The summed E-state index contributed by atoms with van der Waals surface area (Å²) in [5.74, 6) is 1.16. The van der Waals surface area contributed by atoms with Crippen LogP contribution in [0.4, 0.5) is 5.82 Å². The molecule has 3 aromatic rings. The Morgan fingerprint density at radius 3 is 3.05 bits per heavy atom. The van der Waals surface area contributed by atoms with Gasteiger partial charge in [-0.25, -0.2) is 9.97 Å². The molecule has 0 aliphatic heterocycles. The van der Waals surface area contributed by atoms with Gasteiger partial charge in [0.2, 0.25) is 6.39 Å². The Morgan fingerprint density at radius 2 is 2.26 bits per heavy atom. The topological polar surface area (TPSA) is 95.7 Å². The van der Waals surface area contributed by atoms with Crippen LogP contribution in [-0.2, 0) is 13.0 Å². The summed E-state index contributed by atoms with van der Waals surface area (Å²) in [5, 5.41) is 3.78. The fraction of sp³-hybridized carbons (Fsp3) is 0.167. The molecule has 0 spiro atoms. The van der Waals surface area contributed by atoms with Crippen LogP contribution in [0.2, 0.25) is 0 Å². The highest BCUT2D eigenvalue weighted by Gasteiger charge is 2.07. The maximum atomic E-state index is 5.69. The lowest BCUT2D eigenvalue weighted by molar-refractivity contribution is 0.408. The lowest BCUT2D eigenvalue weighted by Gasteiger charge is -2.07. The highest BCUT2D eigenvalue weighted by atomic mass is 16.5. The van der Waals surface area contributed by atoms with Gasteiger partial charge in [0, 0.05) is 24.7 Å². The predicted octanol–water partition coefficient (Wildman–Crippen LogP) is 1.15. The highest BCUT2D eigenvalue weighted by molar-refractivity contribution is 5.61. The van der Waals surface area contributed by atoms with Crippen molar-refractivity contribution in [1.29, 1.82) is 0 Å². The molecule has 0 radical (unpaired) electrons. The van der Waals surface area contributed by atoms with Crippen molar-refractivity contribution < 1.29 is 4.52 Å². The molecule has 3 rings (SSSR count). The van der Waals surface area contributed by atoms with E-state index in [9.17, 15) is 0 Å². The molecule has 0 saturated carbocycles. The zero-order chi connectivity index (χ0) is 13.1. The van der Waals surface area contributed by atoms with Crippen LogP contribution < -0.4 is 5.73 Å². The molecule has 96 valence electrons. The van der Waals surface area contributed by atoms with Crippen LogP contribution in [0.5, 0.6) is 0 Å². The van der Waals surface area contributed by atoms with E-state index >= 15 is 0 Å². The molecule has 0 amide bonds. The van der Waals surface area contributed by atoms with Crippen molar-refractivity contribution in [2.45, 2.75) is 13.0 Å². The van der Waals surface area contributed by atoms with E-state index in [-0.39, 0.29) is 0 Å². The van der Waals surface area contributed by atoms with Gasteiger partial charge in [-0.2, -0.15) is 4.98 Å². The van der Waals surface area contributed by atoms with Gasteiger partial charge in [0.05, 0.1) is 18.2 Å². The van der Waals surface area contributed by atoms with Crippen LogP contribution in [0.3, 0.4) is 0 Å². The molecule has 0 atom stereocenters. The Morgan fingerprint density at radius 1 is 1.32 bits per heavy atom. The maximum Gasteiger partial charge on any atom is 0.213 e. The van der Waals surface area contributed by atoms with Gasteiger partial charge in [0.25, 0.3) is 0 Å². The van der Waals surface area contributed by atoms with Gasteiger partial charge in [-0.3, -0.25) is 0 Å². The summed E-state index contributed by atoms with van der Waals surface area (Å²) in [7, 11) is 0. The van der Waals surface area contributed by atoms with E-state index in [4.69, 9.17) is 10.3 Å². The van der Waals surface area contributed by atoms with E-state index in [0.717, 1.165) is 17.8 Å². The summed E-state index contributed by atoms with van der Waals surface area (Å²) in [4.78, 5) is 12.1. The van der Waals surface area contributed by atoms with E-state index < -0.39 is 0 Å². The first-order valence-corrected chi connectivity index (χ1v) is 5.80. The molecule has 2 N–H and O–H groups in total. The normalized spacial score (nSPS) is 10.7. The lowest BCUT2D eigenvalue weighted by atomic mass is 10.2. The molecule has 19 heavy (non-hydrogen) atoms. The largest absolute Gasteiger partial charge is 0.384 e. The second-order valence-corrected chi connectivity index (χ2v) is 4.04. The van der Waals surface area contributed by atoms with Crippen LogP contribution in [0.15, 0.2) is 41.8 Å². The highest BCUT2D eigenvalue weighted by Crippen LogP contribution is 2.20. The summed E-state index contributed by atoms with van der Waals surface area (Å²) in [6.45, 7) is 0.719. The fourth-order valence-corrected chi connectivity index (χ4v) is 1.87. The number of rotatable bonds is 4. The first kappa shape index (κ1) is 11.4. The SMILES string of the molecule is Nc1cc(-c2cncn2CCc2ncon2)ccn1. The molecule has 0 aliphatic rings. The van der Waals surface area contributed by atoms with Gasteiger partial charge in [-0.15, -0.1) is 0 Å². The summed E-state index contributed by atoms with van der Waals surface area (Å²) in [6, 6.07) is 3.72. The van der Waals surface area contributed by atoms with E-state index in [1.807, 2.05) is 16.7 Å². The third kappa shape index (κ3) is 2.44. The van der Waals surface area contributed by atoms with Crippen molar-refractivity contribution in [3.63, 3.8) is 0 Å². The number of imidazole rings is 1. The number of hydrogen-bond acceptors (Lipinski definition) is 6. The third-order valence-electron chi connectivity index (χ3n) is 2.77. The number of hydrogen-bond donors (Lipinski definition) is 1. The van der Waals surface area contributed by atoms with Gasteiger partial charge in [0.1, 0.15) is 5.82 Å². The predicted molar refractivity (Wildman–Crippen MR) is 67.9 cm³/mol. The number of nitrogens with two attached hydrogens (primary N) is 1. The second kappa shape index (κ2) is 4.89. The van der Waals surface area contributed by atoms with Gasteiger partial charge in [0.15, 0.2) is 5.82 Å². The Labute approximate surface area is 109 Å². The van der Waals surface area contributed by atoms with Crippen LogP contribution in [-0.4, -0.2) is 24.7 Å². The van der Waals surface area contributed by atoms with Crippen molar-refractivity contribution in [3.8, 4) is 11.3 Å². The lowest BCUT2D eigenvalue weighted by Crippen LogP contribution is -2.03. The average Bonchev–Trinajstić information content (AvgIpc) is 3.08. The van der Waals surface area contributed by atoms with E-state index in [1.54, 1.807) is 18.7 Å². The van der Waals surface area contributed by atoms with Crippen molar-refractivity contribution >= 4 is 5.82 Å². The summed E-state index contributed by atoms with van der Waals surface area (Å²) >= 11 is 0. The van der Waals surface area contributed by atoms with Crippen molar-refractivity contribution in [1.82, 2.24) is 24.7 Å². The maximum absolute atomic E-state index is 5.69. The zero-order valence-electron chi connectivity index (χ0n) is 10.1. The van der Waals surface area contributed by atoms with Gasteiger partial charge in [-0.05, 0) is 12.1 Å². The first-order chi connectivity index (χ1) is 9.33. The molecule has 0 aliphatic carbocycles. The molecule has 0 saturated heterocycles. The molecule has 7 heteroatoms. The summed E-state index contributed by atoms with van der Waals surface area (Å²) in [5.41, 5.74) is 7.66. The monoisotopic (exact) mass is 256 g/mol. The first-order valence-electron chi connectivity index (χ1n) is 5.80. The van der Waals surface area contributed by atoms with Crippen molar-refractivity contribution in [3.05, 3.63) is 43.1 Å². The Hall–Kier alpha value is -2.70. The number of anilines is 1. The third-order valence-corrected chi connectivity index (χ3v) is 2.77. The minimum atomic E-state index is 0.489. The Kier molecular flexibility index (Phi) is 2.93. The van der Waals surface area contributed by atoms with E-state index in [0.29, 0.717) is 18.1 Å². The molecular formula is C12H12N6O. The minimum absolute atomic E-state index is 0.489. The van der Waals surface area contributed by atoms with E-state index in [1.165, 1.54) is 6.39 Å².